The highest BCUT2D eigenvalue weighted by Gasteiger charge is 2.22. The number of hydrogen-bond acceptors (Lipinski definition) is 5. The van der Waals surface area contributed by atoms with Gasteiger partial charge in [0, 0.05) is 6.07 Å². The van der Waals surface area contributed by atoms with Gasteiger partial charge in [0.05, 0.1) is 4.92 Å². The van der Waals surface area contributed by atoms with Gasteiger partial charge in [-0.25, -0.2) is 0 Å². The Bertz CT molecular complexity index is 476. The molecule has 0 aliphatic carbocycles. The van der Waals surface area contributed by atoms with E-state index in [4.69, 9.17) is 0 Å². The molecule has 0 spiro atoms. The second-order valence-corrected chi connectivity index (χ2v) is 3.59. The normalized spacial score (nSPS) is 14.6. The van der Waals surface area contributed by atoms with Crippen LogP contribution in [0.1, 0.15) is 4.88 Å². The molecule has 1 aromatic heterocycles. The summed E-state index contributed by atoms with van der Waals surface area (Å²) in [5.74, 6) is 0.219. The van der Waals surface area contributed by atoms with Crippen LogP contribution in [0.5, 0.6) is 0 Å². The van der Waals surface area contributed by atoms with Gasteiger partial charge in [-0.1, -0.05) is 0 Å². The standard InChI is InChI=1S/C6H2N4O2S2/c11-10(12)3-1-2-14-4(3)5-7-6(13)9-8-5/h1-2H. The second-order valence-electron chi connectivity index (χ2n) is 2.31. The zero-order valence-corrected chi connectivity index (χ0v) is 8.21. The third-order valence-corrected chi connectivity index (χ3v) is 2.55. The van der Waals surface area contributed by atoms with Crippen LogP contribution in [0.15, 0.2) is 26.7 Å². The van der Waals surface area contributed by atoms with Gasteiger partial charge in [0.25, 0.3) is 5.69 Å². The average molecular weight is 226 g/mol. The summed E-state index contributed by atoms with van der Waals surface area (Å²) in [6.45, 7) is 0. The third-order valence-electron chi connectivity index (χ3n) is 1.48. The molecule has 1 aliphatic heterocycles. The lowest BCUT2D eigenvalue weighted by Crippen LogP contribution is -1.96. The number of thiocarbonyl (C=S) groups is 1. The number of aliphatic imine (C=N–C) groups is 1. The zero-order valence-electron chi connectivity index (χ0n) is 6.58. The Balaban J connectivity index is 2.47. The maximum absolute atomic E-state index is 10.6. The largest absolute Gasteiger partial charge is 0.291 e. The van der Waals surface area contributed by atoms with Crippen molar-refractivity contribution in [3.05, 3.63) is 26.4 Å². The summed E-state index contributed by atoms with van der Waals surface area (Å²) in [6, 6.07) is 1.40. The first-order valence-corrected chi connectivity index (χ1v) is 4.74. The van der Waals surface area contributed by atoms with Crippen molar-refractivity contribution in [3.63, 3.8) is 0 Å². The van der Waals surface area contributed by atoms with Crippen molar-refractivity contribution >= 4 is 40.2 Å². The van der Waals surface area contributed by atoms with E-state index in [-0.39, 0.29) is 16.6 Å². The number of azo groups is 1. The Labute approximate surface area is 87.1 Å². The fraction of sp³-hybridized carbons (Fsp3) is 0. The Morgan fingerprint density at radius 3 is 2.86 bits per heavy atom. The molecule has 6 nitrogen and oxygen atoms in total. The number of nitro groups is 1. The number of amidine groups is 1. The lowest BCUT2D eigenvalue weighted by Gasteiger charge is -1.90. The maximum Gasteiger partial charge on any atom is 0.291 e. The maximum atomic E-state index is 10.6. The van der Waals surface area contributed by atoms with E-state index in [0.717, 1.165) is 0 Å². The smallest absolute Gasteiger partial charge is 0.258 e. The molecule has 0 bridgehead atoms. The summed E-state index contributed by atoms with van der Waals surface area (Å²) < 4.78 is 0. The van der Waals surface area contributed by atoms with Crippen LogP contribution in [0.3, 0.4) is 0 Å². The zero-order chi connectivity index (χ0) is 10.1. The number of hydrogen-bond donors (Lipinski definition) is 0. The van der Waals surface area contributed by atoms with Crippen LogP contribution >= 0.6 is 23.6 Å². The van der Waals surface area contributed by atoms with Crippen LogP contribution in [-0.4, -0.2) is 15.9 Å². The molecule has 0 saturated heterocycles. The molecule has 0 fully saturated rings. The highest BCUT2D eigenvalue weighted by atomic mass is 32.1. The number of rotatable bonds is 2. The van der Waals surface area contributed by atoms with Gasteiger partial charge in [-0.05, 0) is 17.6 Å². The summed E-state index contributed by atoms with van der Waals surface area (Å²) in [5, 5.41) is 19.4. The monoisotopic (exact) mass is 226 g/mol. The van der Waals surface area contributed by atoms with Crippen molar-refractivity contribution in [2.75, 3.05) is 0 Å². The molecule has 8 heteroatoms. The highest BCUT2D eigenvalue weighted by Crippen LogP contribution is 2.27. The van der Waals surface area contributed by atoms with E-state index in [1.165, 1.54) is 17.4 Å². The fourth-order valence-corrected chi connectivity index (χ4v) is 1.85. The van der Waals surface area contributed by atoms with Crippen LogP contribution in [-0.2, 0) is 0 Å². The van der Waals surface area contributed by atoms with E-state index in [2.05, 4.69) is 27.4 Å². The van der Waals surface area contributed by atoms with E-state index in [1.807, 2.05) is 0 Å². The Morgan fingerprint density at radius 1 is 1.50 bits per heavy atom. The van der Waals surface area contributed by atoms with Crippen molar-refractivity contribution in [1.82, 2.24) is 0 Å². The molecule has 1 aromatic rings. The first kappa shape index (κ1) is 9.03. The van der Waals surface area contributed by atoms with Crippen LogP contribution in [0.25, 0.3) is 0 Å². The van der Waals surface area contributed by atoms with Gasteiger partial charge in [-0.2, -0.15) is 4.99 Å². The molecular weight excluding hydrogens is 224 g/mol. The molecule has 0 saturated carbocycles. The summed E-state index contributed by atoms with van der Waals surface area (Å²) in [4.78, 5) is 14.3. The molecule has 1 aliphatic rings. The van der Waals surface area contributed by atoms with Crippen molar-refractivity contribution < 1.29 is 4.92 Å². The molecule has 0 atom stereocenters. The van der Waals surface area contributed by atoms with E-state index in [1.54, 1.807) is 5.38 Å². The Morgan fingerprint density at radius 2 is 2.29 bits per heavy atom. The molecule has 0 aromatic carbocycles. The highest BCUT2D eigenvalue weighted by molar-refractivity contribution is 7.80. The first-order chi connectivity index (χ1) is 6.68. The van der Waals surface area contributed by atoms with Gasteiger partial charge in [0.15, 0.2) is 4.88 Å². The predicted molar refractivity (Wildman–Crippen MR) is 55.0 cm³/mol. The molecule has 14 heavy (non-hydrogen) atoms. The molecule has 70 valence electrons. The van der Waals surface area contributed by atoms with Gasteiger partial charge in [0.1, 0.15) is 0 Å². The average Bonchev–Trinajstić information content (AvgIpc) is 2.70. The number of nitrogens with zero attached hydrogens (tertiary/aromatic N) is 4. The van der Waals surface area contributed by atoms with E-state index < -0.39 is 4.92 Å². The lowest BCUT2D eigenvalue weighted by molar-refractivity contribution is -0.384. The second kappa shape index (κ2) is 3.31. The van der Waals surface area contributed by atoms with Crippen molar-refractivity contribution in [3.8, 4) is 0 Å². The number of thiophene rings is 1. The summed E-state index contributed by atoms with van der Waals surface area (Å²) in [6.07, 6.45) is 0. The van der Waals surface area contributed by atoms with E-state index in [9.17, 15) is 10.1 Å². The molecule has 2 rings (SSSR count). The van der Waals surface area contributed by atoms with Crippen LogP contribution in [0.2, 0.25) is 0 Å². The fourth-order valence-electron chi connectivity index (χ4n) is 0.935. The molecule has 0 radical (unpaired) electrons. The van der Waals surface area contributed by atoms with E-state index >= 15 is 0 Å². The Kier molecular flexibility index (Phi) is 2.14. The SMILES string of the molecule is O=[N+]([O-])c1ccsc1C1=NC(=S)N=N1. The lowest BCUT2D eigenvalue weighted by atomic mass is 10.4. The van der Waals surface area contributed by atoms with Gasteiger partial charge in [-0.3, -0.25) is 10.1 Å². The van der Waals surface area contributed by atoms with Gasteiger partial charge in [0.2, 0.25) is 10.9 Å². The van der Waals surface area contributed by atoms with Gasteiger partial charge < -0.3 is 0 Å². The summed E-state index contributed by atoms with van der Waals surface area (Å²) >= 11 is 5.86. The summed E-state index contributed by atoms with van der Waals surface area (Å²) in [5.41, 5.74) is -0.0163. The minimum absolute atomic E-state index is 0.0163. The van der Waals surface area contributed by atoms with Crippen LogP contribution < -0.4 is 0 Å². The predicted octanol–water partition coefficient (Wildman–Crippen LogP) is 2.15. The molecule has 0 N–H and O–H groups in total. The topological polar surface area (TPSA) is 80.2 Å². The Hall–Kier alpha value is -1.54. The molecule has 0 amide bonds. The molecule has 0 unspecified atom stereocenters. The van der Waals surface area contributed by atoms with E-state index in [0.29, 0.717) is 4.88 Å². The van der Waals surface area contributed by atoms with Crippen molar-refractivity contribution in [2.24, 2.45) is 15.2 Å². The first-order valence-electron chi connectivity index (χ1n) is 3.45. The van der Waals surface area contributed by atoms with Crippen molar-refractivity contribution in [2.45, 2.75) is 0 Å². The summed E-state index contributed by atoms with van der Waals surface area (Å²) in [7, 11) is 0. The quantitative estimate of drug-likeness (QED) is 0.440. The van der Waals surface area contributed by atoms with Crippen molar-refractivity contribution in [1.29, 1.82) is 0 Å². The third kappa shape index (κ3) is 1.44. The van der Waals surface area contributed by atoms with Gasteiger partial charge in [-0.15, -0.1) is 21.6 Å². The minimum atomic E-state index is -0.481. The molecular formula is C6H2N4O2S2. The molecule has 2 heterocycles. The minimum Gasteiger partial charge on any atom is -0.258 e. The van der Waals surface area contributed by atoms with Crippen LogP contribution in [0.4, 0.5) is 5.69 Å². The van der Waals surface area contributed by atoms with Gasteiger partial charge >= 0.3 is 0 Å². The van der Waals surface area contributed by atoms with Crippen LogP contribution in [0, 0.1) is 10.1 Å².